The van der Waals surface area contributed by atoms with Gasteiger partial charge in [-0.05, 0) is 59.4 Å². The molecule has 3 rings (SSSR count). The number of hydrogen-bond donors (Lipinski definition) is 1. The first-order valence-electron chi connectivity index (χ1n) is 8.53. The molecule has 0 saturated carbocycles. The summed E-state index contributed by atoms with van der Waals surface area (Å²) < 4.78 is 1.54. The maximum Gasteiger partial charge on any atom is 0.251 e. The molecule has 134 valence electrons. The van der Waals surface area contributed by atoms with Crippen molar-refractivity contribution >= 4 is 5.91 Å². The number of nitrogens with one attached hydrogen (secondary N) is 1. The summed E-state index contributed by atoms with van der Waals surface area (Å²) in [7, 11) is 2.09. The molecule has 3 aromatic rings. The topological polar surface area (TPSA) is 75.9 Å². The van der Waals surface area contributed by atoms with Crippen molar-refractivity contribution in [3.05, 3.63) is 71.5 Å². The van der Waals surface area contributed by atoms with Gasteiger partial charge in [0.15, 0.2) is 0 Å². The molecule has 1 aromatic heterocycles. The van der Waals surface area contributed by atoms with E-state index in [1.165, 1.54) is 11.9 Å². The quantitative estimate of drug-likeness (QED) is 0.706. The van der Waals surface area contributed by atoms with Gasteiger partial charge in [0.2, 0.25) is 0 Å². The third-order valence-corrected chi connectivity index (χ3v) is 4.18. The zero-order valence-electron chi connectivity index (χ0n) is 15.0. The molecule has 0 bridgehead atoms. The molecule has 0 saturated heterocycles. The average Bonchev–Trinajstić information content (AvgIpc) is 3.21. The first-order chi connectivity index (χ1) is 12.7. The van der Waals surface area contributed by atoms with E-state index in [1.807, 2.05) is 24.3 Å². The van der Waals surface area contributed by atoms with E-state index < -0.39 is 0 Å². The van der Waals surface area contributed by atoms with Gasteiger partial charge in [0.05, 0.1) is 5.69 Å². The van der Waals surface area contributed by atoms with Gasteiger partial charge in [-0.2, -0.15) is 0 Å². The lowest BCUT2D eigenvalue weighted by Gasteiger charge is -2.14. The minimum Gasteiger partial charge on any atom is -0.348 e. The summed E-state index contributed by atoms with van der Waals surface area (Å²) in [4.78, 5) is 14.6. The maximum atomic E-state index is 12.4. The molecule has 1 N–H and O–H groups in total. The SMILES string of the molecule is CCN(C)Cc1cccc(CNC(=O)c2ccc(-n3cnnn3)cc2)c1. The van der Waals surface area contributed by atoms with Gasteiger partial charge in [0.25, 0.3) is 5.91 Å². The second-order valence-electron chi connectivity index (χ2n) is 6.13. The average molecular weight is 350 g/mol. The minimum atomic E-state index is -0.107. The molecule has 26 heavy (non-hydrogen) atoms. The molecule has 7 nitrogen and oxygen atoms in total. The fourth-order valence-electron chi connectivity index (χ4n) is 2.59. The Balaban J connectivity index is 1.59. The summed E-state index contributed by atoms with van der Waals surface area (Å²) in [5, 5.41) is 14.0. The predicted molar refractivity (Wildman–Crippen MR) is 98.8 cm³/mol. The van der Waals surface area contributed by atoms with Gasteiger partial charge < -0.3 is 10.2 Å². The highest BCUT2D eigenvalue weighted by Crippen LogP contribution is 2.10. The number of amides is 1. The molecule has 1 heterocycles. The number of rotatable bonds is 7. The Morgan fingerprint density at radius 1 is 1.15 bits per heavy atom. The van der Waals surface area contributed by atoms with E-state index in [0.29, 0.717) is 12.1 Å². The van der Waals surface area contributed by atoms with E-state index >= 15 is 0 Å². The van der Waals surface area contributed by atoms with Gasteiger partial charge in [0.1, 0.15) is 6.33 Å². The summed E-state index contributed by atoms with van der Waals surface area (Å²) in [5.74, 6) is -0.107. The Kier molecular flexibility index (Phi) is 5.70. The van der Waals surface area contributed by atoms with Crippen molar-refractivity contribution in [2.24, 2.45) is 0 Å². The Bertz CT molecular complexity index is 845. The second kappa shape index (κ2) is 8.35. The van der Waals surface area contributed by atoms with Crippen LogP contribution in [-0.4, -0.2) is 44.6 Å². The summed E-state index contributed by atoms with van der Waals surface area (Å²) in [6.07, 6.45) is 1.51. The number of carbonyl (C=O) groups excluding carboxylic acids is 1. The summed E-state index contributed by atoms with van der Waals surface area (Å²) in [6.45, 7) is 4.53. The largest absolute Gasteiger partial charge is 0.348 e. The third-order valence-electron chi connectivity index (χ3n) is 4.18. The van der Waals surface area contributed by atoms with E-state index in [1.54, 1.807) is 16.8 Å². The van der Waals surface area contributed by atoms with Crippen LogP contribution in [0.4, 0.5) is 0 Å². The molecule has 7 heteroatoms. The number of hydrogen-bond acceptors (Lipinski definition) is 5. The van der Waals surface area contributed by atoms with Crippen LogP contribution in [0.25, 0.3) is 5.69 Å². The van der Waals surface area contributed by atoms with Gasteiger partial charge in [0, 0.05) is 18.7 Å². The maximum absolute atomic E-state index is 12.4. The standard InChI is InChI=1S/C19H22N6O/c1-3-24(2)13-16-6-4-5-15(11-16)12-20-19(26)17-7-9-18(10-8-17)25-14-21-22-23-25/h4-11,14H,3,12-13H2,1-2H3,(H,20,26). The normalized spacial score (nSPS) is 10.9. The Hall–Kier alpha value is -3.06. The van der Waals surface area contributed by atoms with Crippen LogP contribution >= 0.6 is 0 Å². The summed E-state index contributed by atoms with van der Waals surface area (Å²) in [6, 6.07) is 15.4. The van der Waals surface area contributed by atoms with E-state index in [9.17, 15) is 4.79 Å². The predicted octanol–water partition coefficient (Wildman–Crippen LogP) is 2.04. The smallest absolute Gasteiger partial charge is 0.251 e. The van der Waals surface area contributed by atoms with Crippen molar-refractivity contribution in [1.82, 2.24) is 30.4 Å². The van der Waals surface area contributed by atoms with Crippen LogP contribution in [-0.2, 0) is 13.1 Å². The molecule has 0 spiro atoms. The van der Waals surface area contributed by atoms with E-state index in [2.05, 4.69) is 51.8 Å². The monoisotopic (exact) mass is 350 g/mol. The van der Waals surface area contributed by atoms with Gasteiger partial charge in [-0.3, -0.25) is 4.79 Å². The van der Waals surface area contributed by atoms with Gasteiger partial charge in [-0.1, -0.05) is 31.2 Å². The van der Waals surface area contributed by atoms with Crippen LogP contribution in [0.5, 0.6) is 0 Å². The fraction of sp³-hybridized carbons (Fsp3) is 0.263. The molecule has 0 aliphatic heterocycles. The van der Waals surface area contributed by atoms with Crippen LogP contribution in [0.15, 0.2) is 54.9 Å². The molecule has 0 unspecified atom stereocenters. The van der Waals surface area contributed by atoms with Crippen molar-refractivity contribution in [3.8, 4) is 5.69 Å². The molecule has 0 fully saturated rings. The molecule has 0 atom stereocenters. The summed E-state index contributed by atoms with van der Waals surface area (Å²) in [5.41, 5.74) is 3.74. The number of carbonyl (C=O) groups is 1. The minimum absolute atomic E-state index is 0.107. The van der Waals surface area contributed by atoms with Crippen LogP contribution in [0.1, 0.15) is 28.4 Å². The highest BCUT2D eigenvalue weighted by molar-refractivity contribution is 5.94. The van der Waals surface area contributed by atoms with Gasteiger partial charge in [-0.15, -0.1) is 5.10 Å². The molecule has 2 aromatic carbocycles. The first-order valence-corrected chi connectivity index (χ1v) is 8.53. The van der Waals surface area contributed by atoms with Crippen molar-refractivity contribution in [1.29, 1.82) is 0 Å². The lowest BCUT2D eigenvalue weighted by atomic mass is 10.1. The molecule has 0 aliphatic rings. The third kappa shape index (κ3) is 4.52. The van der Waals surface area contributed by atoms with Crippen LogP contribution in [0.2, 0.25) is 0 Å². The zero-order valence-corrected chi connectivity index (χ0v) is 15.0. The van der Waals surface area contributed by atoms with Crippen molar-refractivity contribution in [3.63, 3.8) is 0 Å². The Labute approximate surface area is 152 Å². The molecular formula is C19H22N6O. The fourth-order valence-corrected chi connectivity index (χ4v) is 2.59. The van der Waals surface area contributed by atoms with Crippen molar-refractivity contribution in [2.45, 2.75) is 20.0 Å². The molecule has 1 amide bonds. The Morgan fingerprint density at radius 2 is 1.92 bits per heavy atom. The number of aromatic nitrogens is 4. The van der Waals surface area contributed by atoms with Gasteiger partial charge in [-0.25, -0.2) is 4.68 Å². The number of nitrogens with zero attached hydrogens (tertiary/aromatic N) is 5. The lowest BCUT2D eigenvalue weighted by Crippen LogP contribution is -2.23. The molecular weight excluding hydrogens is 328 g/mol. The number of tetrazole rings is 1. The highest BCUT2D eigenvalue weighted by Gasteiger charge is 2.07. The molecule has 0 radical (unpaired) electrons. The van der Waals surface area contributed by atoms with Crippen LogP contribution in [0, 0.1) is 0 Å². The van der Waals surface area contributed by atoms with Crippen molar-refractivity contribution < 1.29 is 4.79 Å². The second-order valence-corrected chi connectivity index (χ2v) is 6.13. The first kappa shape index (κ1) is 17.8. The summed E-state index contributed by atoms with van der Waals surface area (Å²) >= 11 is 0. The van der Waals surface area contributed by atoms with E-state index in [0.717, 1.165) is 24.3 Å². The number of benzene rings is 2. The van der Waals surface area contributed by atoms with E-state index in [4.69, 9.17) is 0 Å². The van der Waals surface area contributed by atoms with Crippen molar-refractivity contribution in [2.75, 3.05) is 13.6 Å². The van der Waals surface area contributed by atoms with Crippen LogP contribution in [0.3, 0.4) is 0 Å². The van der Waals surface area contributed by atoms with E-state index in [-0.39, 0.29) is 5.91 Å². The molecule has 0 aliphatic carbocycles. The lowest BCUT2D eigenvalue weighted by molar-refractivity contribution is 0.0951. The zero-order chi connectivity index (χ0) is 18.4. The highest BCUT2D eigenvalue weighted by atomic mass is 16.1. The van der Waals surface area contributed by atoms with Crippen LogP contribution < -0.4 is 5.32 Å². The van der Waals surface area contributed by atoms with Gasteiger partial charge >= 0.3 is 0 Å². The Morgan fingerprint density at radius 3 is 2.62 bits per heavy atom.